The highest BCUT2D eigenvalue weighted by atomic mass is 16.1. The topological polar surface area (TPSA) is 94.9 Å². The van der Waals surface area contributed by atoms with Gasteiger partial charge in [-0.05, 0) is 30.3 Å². The third-order valence-electron chi connectivity index (χ3n) is 5.88. The number of benzene rings is 2. The molecule has 9 heteroatoms. The predicted molar refractivity (Wildman–Crippen MR) is 131 cm³/mol. The molecule has 0 radical (unpaired) electrons. The van der Waals surface area contributed by atoms with Crippen LogP contribution in [0.25, 0.3) is 22.2 Å². The molecule has 6 aromatic rings. The standard InChI is InChI=1S/C26H22N8O/c35-26(27-14-13-24-30-29-23-12-6-7-15-32(23)24)25-21-10-4-5-11-22(21)34(31-25)18-19-16-28-33(17-19)20-8-2-1-3-9-20/h1-12,15-17H,13-14,18H2,(H,27,35). The van der Waals surface area contributed by atoms with Gasteiger partial charge in [0.05, 0.1) is 23.9 Å². The fraction of sp³-hybridized carbons (Fsp3) is 0.115. The molecule has 0 bridgehead atoms. The van der Waals surface area contributed by atoms with E-state index in [-0.39, 0.29) is 5.91 Å². The van der Waals surface area contributed by atoms with Crippen molar-refractivity contribution in [3.8, 4) is 5.69 Å². The maximum absolute atomic E-state index is 13.1. The van der Waals surface area contributed by atoms with Gasteiger partial charge in [-0.3, -0.25) is 13.9 Å². The quantitative estimate of drug-likeness (QED) is 0.393. The monoisotopic (exact) mass is 462 g/mol. The zero-order chi connectivity index (χ0) is 23.6. The molecule has 0 saturated carbocycles. The minimum Gasteiger partial charge on any atom is -0.350 e. The first kappa shape index (κ1) is 20.8. The summed E-state index contributed by atoms with van der Waals surface area (Å²) in [7, 11) is 0. The lowest BCUT2D eigenvalue weighted by Gasteiger charge is -2.03. The van der Waals surface area contributed by atoms with Crippen LogP contribution in [0.1, 0.15) is 21.9 Å². The van der Waals surface area contributed by atoms with Crippen LogP contribution in [-0.2, 0) is 13.0 Å². The summed E-state index contributed by atoms with van der Waals surface area (Å²) in [5.74, 6) is 0.584. The summed E-state index contributed by atoms with van der Waals surface area (Å²) < 4.78 is 5.61. The third-order valence-corrected chi connectivity index (χ3v) is 5.88. The Kier molecular flexibility index (Phi) is 5.27. The molecule has 172 valence electrons. The molecule has 6 rings (SSSR count). The fourth-order valence-electron chi connectivity index (χ4n) is 4.19. The van der Waals surface area contributed by atoms with Gasteiger partial charge in [-0.2, -0.15) is 10.2 Å². The Morgan fingerprint density at radius 1 is 0.914 bits per heavy atom. The molecule has 0 saturated heterocycles. The number of fused-ring (bicyclic) bond motifs is 2. The van der Waals surface area contributed by atoms with Gasteiger partial charge < -0.3 is 5.32 Å². The van der Waals surface area contributed by atoms with E-state index in [1.165, 1.54) is 0 Å². The number of hydrogen-bond acceptors (Lipinski definition) is 5. The lowest BCUT2D eigenvalue weighted by molar-refractivity contribution is 0.0949. The van der Waals surface area contributed by atoms with Gasteiger partial charge in [0.2, 0.25) is 0 Å². The summed E-state index contributed by atoms with van der Waals surface area (Å²) in [5, 5.41) is 21.3. The first-order valence-electron chi connectivity index (χ1n) is 11.4. The SMILES string of the molecule is O=C(NCCc1nnc2ccccn12)c1nn(Cc2cnn(-c3ccccc3)c2)c2ccccc12. The van der Waals surface area contributed by atoms with Crippen LogP contribution < -0.4 is 5.32 Å². The Hall–Kier alpha value is -4.79. The Bertz CT molecular complexity index is 1630. The van der Waals surface area contributed by atoms with Gasteiger partial charge in [0.15, 0.2) is 11.3 Å². The Balaban J connectivity index is 1.20. The van der Waals surface area contributed by atoms with Crippen LogP contribution in [-0.4, -0.2) is 46.6 Å². The smallest absolute Gasteiger partial charge is 0.272 e. The molecule has 4 heterocycles. The summed E-state index contributed by atoms with van der Waals surface area (Å²) >= 11 is 0. The van der Waals surface area contributed by atoms with E-state index in [4.69, 9.17) is 0 Å². The van der Waals surface area contributed by atoms with Crippen molar-refractivity contribution in [2.24, 2.45) is 0 Å². The summed E-state index contributed by atoms with van der Waals surface area (Å²) in [5.41, 5.74) is 4.07. The number of nitrogens with one attached hydrogen (secondary N) is 1. The van der Waals surface area contributed by atoms with Gasteiger partial charge >= 0.3 is 0 Å². The zero-order valence-corrected chi connectivity index (χ0v) is 18.8. The molecule has 0 aliphatic rings. The van der Waals surface area contributed by atoms with Gasteiger partial charge in [0.1, 0.15) is 5.82 Å². The summed E-state index contributed by atoms with van der Waals surface area (Å²) in [6, 6.07) is 23.5. The number of hydrogen-bond donors (Lipinski definition) is 1. The van der Waals surface area contributed by atoms with E-state index in [0.29, 0.717) is 25.2 Å². The third kappa shape index (κ3) is 4.04. The van der Waals surface area contributed by atoms with Gasteiger partial charge in [-0.25, -0.2) is 4.68 Å². The molecule has 0 spiro atoms. The van der Waals surface area contributed by atoms with E-state index < -0.39 is 0 Å². The zero-order valence-electron chi connectivity index (χ0n) is 18.8. The predicted octanol–water partition coefficient (Wildman–Crippen LogP) is 3.29. The number of carbonyl (C=O) groups excluding carboxylic acids is 1. The van der Waals surface area contributed by atoms with Crippen molar-refractivity contribution in [1.82, 2.24) is 39.5 Å². The highest BCUT2D eigenvalue weighted by Crippen LogP contribution is 2.20. The number of carbonyl (C=O) groups is 1. The second-order valence-electron chi connectivity index (χ2n) is 8.20. The van der Waals surface area contributed by atoms with Gasteiger partial charge in [-0.15, -0.1) is 10.2 Å². The normalized spacial score (nSPS) is 11.3. The van der Waals surface area contributed by atoms with Crippen LogP contribution in [0.15, 0.2) is 91.4 Å². The highest BCUT2D eigenvalue weighted by molar-refractivity contribution is 6.04. The van der Waals surface area contributed by atoms with Crippen molar-refractivity contribution in [3.05, 3.63) is 108 Å². The number of pyridine rings is 1. The van der Waals surface area contributed by atoms with Crippen LogP contribution in [0.5, 0.6) is 0 Å². The van der Waals surface area contributed by atoms with E-state index in [9.17, 15) is 4.79 Å². The first-order valence-corrected chi connectivity index (χ1v) is 11.4. The molecule has 4 aromatic heterocycles. The Morgan fingerprint density at radius 2 is 1.74 bits per heavy atom. The van der Waals surface area contributed by atoms with E-state index >= 15 is 0 Å². The highest BCUT2D eigenvalue weighted by Gasteiger charge is 2.17. The van der Waals surface area contributed by atoms with Crippen molar-refractivity contribution in [2.75, 3.05) is 6.54 Å². The van der Waals surface area contributed by atoms with E-state index in [2.05, 4.69) is 25.7 Å². The minimum atomic E-state index is -0.214. The van der Waals surface area contributed by atoms with Crippen LogP contribution in [0.2, 0.25) is 0 Å². The number of aromatic nitrogens is 7. The van der Waals surface area contributed by atoms with Crippen molar-refractivity contribution in [1.29, 1.82) is 0 Å². The van der Waals surface area contributed by atoms with E-state index in [1.807, 2.05) is 105 Å². The fourth-order valence-corrected chi connectivity index (χ4v) is 4.19. The van der Waals surface area contributed by atoms with Crippen molar-refractivity contribution in [2.45, 2.75) is 13.0 Å². The van der Waals surface area contributed by atoms with Gasteiger partial charge in [0.25, 0.3) is 5.91 Å². The molecule has 1 N–H and O–H groups in total. The second-order valence-corrected chi connectivity index (χ2v) is 8.20. The Morgan fingerprint density at radius 3 is 2.66 bits per heavy atom. The average molecular weight is 463 g/mol. The van der Waals surface area contributed by atoms with Crippen LogP contribution >= 0.6 is 0 Å². The number of rotatable bonds is 7. The molecule has 0 aliphatic heterocycles. The first-order chi connectivity index (χ1) is 17.3. The molecule has 9 nitrogen and oxygen atoms in total. The number of nitrogens with zero attached hydrogens (tertiary/aromatic N) is 7. The molecule has 35 heavy (non-hydrogen) atoms. The number of para-hydroxylation sites is 2. The molecule has 0 aliphatic carbocycles. The van der Waals surface area contributed by atoms with Crippen LogP contribution in [0.3, 0.4) is 0 Å². The summed E-state index contributed by atoms with van der Waals surface area (Å²) in [6.45, 7) is 0.936. The molecule has 2 aromatic carbocycles. The van der Waals surface area contributed by atoms with Crippen molar-refractivity contribution < 1.29 is 4.79 Å². The second kappa shape index (κ2) is 8.86. The average Bonchev–Trinajstić information content (AvgIpc) is 3.63. The van der Waals surface area contributed by atoms with E-state index in [0.717, 1.165) is 33.6 Å². The maximum Gasteiger partial charge on any atom is 0.272 e. The Labute approximate surface area is 200 Å². The van der Waals surface area contributed by atoms with Crippen molar-refractivity contribution in [3.63, 3.8) is 0 Å². The van der Waals surface area contributed by atoms with E-state index in [1.54, 1.807) is 0 Å². The summed E-state index contributed by atoms with van der Waals surface area (Å²) in [6.07, 6.45) is 6.29. The number of amides is 1. The maximum atomic E-state index is 13.1. The van der Waals surface area contributed by atoms with Gasteiger partial charge in [0, 0.05) is 36.3 Å². The molecule has 1 amide bonds. The van der Waals surface area contributed by atoms with Gasteiger partial charge in [-0.1, -0.05) is 42.5 Å². The van der Waals surface area contributed by atoms with Crippen molar-refractivity contribution >= 4 is 22.5 Å². The van der Waals surface area contributed by atoms with Crippen LogP contribution in [0.4, 0.5) is 0 Å². The molecule has 0 atom stereocenters. The minimum absolute atomic E-state index is 0.214. The molecular weight excluding hydrogens is 440 g/mol. The molecular formula is C26H22N8O. The largest absolute Gasteiger partial charge is 0.350 e. The molecule has 0 fully saturated rings. The lowest BCUT2D eigenvalue weighted by atomic mass is 10.2. The van der Waals surface area contributed by atoms with Crippen LogP contribution in [0, 0.1) is 0 Å². The lowest BCUT2D eigenvalue weighted by Crippen LogP contribution is -2.27. The molecule has 0 unspecified atom stereocenters. The summed E-state index contributed by atoms with van der Waals surface area (Å²) in [4.78, 5) is 13.1.